The predicted molar refractivity (Wildman–Crippen MR) is 64.3 cm³/mol. The van der Waals surface area contributed by atoms with Crippen molar-refractivity contribution < 1.29 is 27.4 Å². The molecule has 0 aliphatic heterocycles. The molecule has 0 amide bonds. The van der Waals surface area contributed by atoms with Gasteiger partial charge in [0.2, 0.25) is 5.88 Å². The minimum atomic E-state index is -4.81. The van der Waals surface area contributed by atoms with Crippen molar-refractivity contribution in [2.24, 2.45) is 0 Å². The van der Waals surface area contributed by atoms with Crippen LogP contribution in [0.2, 0.25) is 0 Å². The summed E-state index contributed by atoms with van der Waals surface area (Å²) in [6, 6.07) is 1.04. The standard InChI is InChI=1S/C10H9F3INO3/c1-3-17-9(16)7-5(2)4-6(15-8(7)14)18-10(11,12)13/h4H,3H2,1-2H3. The maximum absolute atomic E-state index is 12.0. The van der Waals surface area contributed by atoms with Crippen molar-refractivity contribution in [3.8, 4) is 5.88 Å². The van der Waals surface area contributed by atoms with Crippen LogP contribution < -0.4 is 4.74 Å². The molecule has 0 N–H and O–H groups in total. The Morgan fingerprint density at radius 3 is 2.56 bits per heavy atom. The van der Waals surface area contributed by atoms with Crippen molar-refractivity contribution in [3.63, 3.8) is 0 Å². The molecule has 0 spiro atoms. The van der Waals surface area contributed by atoms with Crippen LogP contribution >= 0.6 is 22.6 Å². The minimum Gasteiger partial charge on any atom is -0.462 e. The van der Waals surface area contributed by atoms with Gasteiger partial charge in [-0.2, -0.15) is 0 Å². The summed E-state index contributed by atoms with van der Waals surface area (Å²) in [5, 5.41) is 0. The molecule has 1 aromatic heterocycles. The third-order valence-corrected chi connectivity index (χ3v) is 2.63. The molecule has 0 fully saturated rings. The van der Waals surface area contributed by atoms with Gasteiger partial charge in [0, 0.05) is 6.07 Å². The largest absolute Gasteiger partial charge is 0.574 e. The first kappa shape index (κ1) is 15.0. The van der Waals surface area contributed by atoms with Gasteiger partial charge in [0.15, 0.2) is 0 Å². The minimum absolute atomic E-state index is 0.102. The molecule has 8 heteroatoms. The Hall–Kier alpha value is -1.06. The molecule has 0 radical (unpaired) electrons. The number of ether oxygens (including phenoxy) is 2. The van der Waals surface area contributed by atoms with Gasteiger partial charge < -0.3 is 9.47 Å². The monoisotopic (exact) mass is 375 g/mol. The van der Waals surface area contributed by atoms with Crippen LogP contribution in [0.25, 0.3) is 0 Å². The highest BCUT2D eigenvalue weighted by atomic mass is 127. The van der Waals surface area contributed by atoms with Gasteiger partial charge in [-0.15, -0.1) is 13.2 Å². The third-order valence-electron chi connectivity index (χ3n) is 1.85. The lowest BCUT2D eigenvalue weighted by Crippen LogP contribution is -2.19. The van der Waals surface area contributed by atoms with Gasteiger partial charge in [0.25, 0.3) is 0 Å². The molecular formula is C10H9F3INO3. The van der Waals surface area contributed by atoms with E-state index in [-0.39, 0.29) is 15.9 Å². The Balaban J connectivity index is 3.09. The van der Waals surface area contributed by atoms with Crippen LogP contribution in [0.15, 0.2) is 6.07 Å². The van der Waals surface area contributed by atoms with E-state index < -0.39 is 18.2 Å². The van der Waals surface area contributed by atoms with Crippen LogP contribution in [0.4, 0.5) is 13.2 Å². The van der Waals surface area contributed by atoms with Crippen molar-refractivity contribution >= 4 is 28.6 Å². The highest BCUT2D eigenvalue weighted by Gasteiger charge is 2.32. The molecular weight excluding hydrogens is 366 g/mol. The molecule has 18 heavy (non-hydrogen) atoms. The highest BCUT2D eigenvalue weighted by molar-refractivity contribution is 14.1. The smallest absolute Gasteiger partial charge is 0.462 e. The molecule has 1 heterocycles. The number of hydrogen-bond acceptors (Lipinski definition) is 4. The van der Waals surface area contributed by atoms with Crippen molar-refractivity contribution in [1.82, 2.24) is 4.98 Å². The number of carbonyl (C=O) groups excluding carboxylic acids is 1. The Bertz CT molecular complexity index is 439. The van der Waals surface area contributed by atoms with Crippen LogP contribution in [0.1, 0.15) is 22.8 Å². The molecule has 0 bridgehead atoms. The normalized spacial score (nSPS) is 11.2. The first-order valence-electron chi connectivity index (χ1n) is 4.84. The predicted octanol–water partition coefficient (Wildman–Crippen LogP) is 3.07. The van der Waals surface area contributed by atoms with E-state index in [0.717, 1.165) is 6.07 Å². The second-order valence-corrected chi connectivity index (χ2v) is 4.23. The Morgan fingerprint density at radius 1 is 1.50 bits per heavy atom. The zero-order chi connectivity index (χ0) is 13.9. The fourth-order valence-corrected chi connectivity index (χ4v) is 2.11. The topological polar surface area (TPSA) is 48.4 Å². The summed E-state index contributed by atoms with van der Waals surface area (Å²) < 4.78 is 44.7. The lowest BCUT2D eigenvalue weighted by Gasteiger charge is -2.11. The molecule has 0 unspecified atom stereocenters. The van der Waals surface area contributed by atoms with Crippen molar-refractivity contribution in [2.45, 2.75) is 20.2 Å². The summed E-state index contributed by atoms with van der Waals surface area (Å²) >= 11 is 1.66. The number of aryl methyl sites for hydroxylation is 1. The zero-order valence-corrected chi connectivity index (χ0v) is 11.6. The number of aromatic nitrogens is 1. The van der Waals surface area contributed by atoms with E-state index in [9.17, 15) is 18.0 Å². The number of hydrogen-bond donors (Lipinski definition) is 0. The maximum Gasteiger partial charge on any atom is 0.574 e. The average Bonchev–Trinajstić information content (AvgIpc) is 2.13. The summed E-state index contributed by atoms with van der Waals surface area (Å²) in [4.78, 5) is 15.1. The summed E-state index contributed by atoms with van der Waals surface area (Å²) in [7, 11) is 0. The molecule has 0 aliphatic rings. The van der Waals surface area contributed by atoms with Crippen LogP contribution in [0.3, 0.4) is 0 Å². The summed E-state index contributed by atoms with van der Waals surface area (Å²) in [5.41, 5.74) is 0.457. The molecule has 4 nitrogen and oxygen atoms in total. The molecule has 0 atom stereocenters. The number of alkyl halides is 3. The molecule has 1 aromatic rings. The third kappa shape index (κ3) is 4.00. The number of rotatable bonds is 3. The van der Waals surface area contributed by atoms with Gasteiger partial charge in [-0.3, -0.25) is 0 Å². The number of nitrogens with zero attached hydrogens (tertiary/aromatic N) is 1. The van der Waals surface area contributed by atoms with E-state index in [2.05, 4.69) is 9.72 Å². The Morgan fingerprint density at radius 2 is 2.11 bits per heavy atom. The molecule has 1 rings (SSSR count). The van der Waals surface area contributed by atoms with Crippen LogP contribution in [-0.2, 0) is 4.74 Å². The first-order valence-corrected chi connectivity index (χ1v) is 5.92. The first-order chi connectivity index (χ1) is 8.24. The lowest BCUT2D eigenvalue weighted by atomic mass is 10.1. The van der Waals surface area contributed by atoms with Gasteiger partial charge in [0.1, 0.15) is 3.70 Å². The lowest BCUT2D eigenvalue weighted by molar-refractivity contribution is -0.276. The summed E-state index contributed by atoms with van der Waals surface area (Å²) in [6.07, 6.45) is -4.81. The van der Waals surface area contributed by atoms with E-state index in [0.29, 0.717) is 5.56 Å². The molecule has 0 saturated carbocycles. The molecule has 0 saturated heterocycles. The van der Waals surface area contributed by atoms with Crippen LogP contribution in [0.5, 0.6) is 5.88 Å². The van der Waals surface area contributed by atoms with Crippen molar-refractivity contribution in [3.05, 3.63) is 20.9 Å². The van der Waals surface area contributed by atoms with Crippen LogP contribution in [0, 0.1) is 10.6 Å². The van der Waals surface area contributed by atoms with Gasteiger partial charge in [-0.25, -0.2) is 9.78 Å². The molecule has 100 valence electrons. The van der Waals surface area contributed by atoms with Gasteiger partial charge in [0.05, 0.1) is 12.2 Å². The number of carbonyl (C=O) groups is 1. The highest BCUT2D eigenvalue weighted by Crippen LogP contribution is 2.25. The van der Waals surface area contributed by atoms with Gasteiger partial charge >= 0.3 is 12.3 Å². The van der Waals surface area contributed by atoms with E-state index in [4.69, 9.17) is 4.74 Å². The Kier molecular flexibility index (Phi) is 4.77. The zero-order valence-electron chi connectivity index (χ0n) is 9.47. The second-order valence-electron chi connectivity index (χ2n) is 3.21. The number of halogens is 4. The summed E-state index contributed by atoms with van der Waals surface area (Å²) in [5.74, 6) is -1.22. The number of pyridine rings is 1. The fourth-order valence-electron chi connectivity index (χ4n) is 1.22. The van der Waals surface area contributed by atoms with Gasteiger partial charge in [-0.1, -0.05) is 0 Å². The van der Waals surface area contributed by atoms with E-state index >= 15 is 0 Å². The van der Waals surface area contributed by atoms with E-state index in [1.54, 1.807) is 29.5 Å². The summed E-state index contributed by atoms with van der Waals surface area (Å²) in [6.45, 7) is 3.29. The van der Waals surface area contributed by atoms with E-state index in [1.165, 1.54) is 6.92 Å². The fraction of sp³-hybridized carbons (Fsp3) is 0.400. The second kappa shape index (κ2) is 5.72. The van der Waals surface area contributed by atoms with Crippen LogP contribution in [-0.4, -0.2) is 23.9 Å². The number of esters is 1. The Labute approximate surface area is 115 Å². The maximum atomic E-state index is 12.0. The van der Waals surface area contributed by atoms with E-state index in [1.807, 2.05) is 0 Å². The molecule has 0 aromatic carbocycles. The quantitative estimate of drug-likeness (QED) is 0.463. The molecule has 0 aliphatic carbocycles. The van der Waals surface area contributed by atoms with Gasteiger partial charge in [-0.05, 0) is 42.0 Å². The van der Waals surface area contributed by atoms with Crippen molar-refractivity contribution in [1.29, 1.82) is 0 Å². The SMILES string of the molecule is CCOC(=O)c1c(C)cc(OC(F)(F)F)nc1I. The average molecular weight is 375 g/mol. The van der Waals surface area contributed by atoms with Crippen molar-refractivity contribution in [2.75, 3.05) is 6.61 Å².